The highest BCUT2D eigenvalue weighted by molar-refractivity contribution is 7.07. The van der Waals surface area contributed by atoms with Gasteiger partial charge in [-0.2, -0.15) is 11.3 Å². The number of thiophene rings is 1. The van der Waals surface area contributed by atoms with Gasteiger partial charge in [-0.15, -0.1) is 0 Å². The SMILES string of the molecule is CCNC(=NCc1cccc([N+](=O)[O-])c1)N(C)Cc1ccsc1. The van der Waals surface area contributed by atoms with Gasteiger partial charge in [-0.05, 0) is 34.9 Å². The maximum atomic E-state index is 10.8. The fourth-order valence-corrected chi connectivity index (χ4v) is 2.80. The third kappa shape index (κ3) is 5.07. The minimum Gasteiger partial charge on any atom is -0.357 e. The molecule has 0 amide bonds. The molecule has 2 aromatic rings. The van der Waals surface area contributed by atoms with Gasteiger partial charge in [0.1, 0.15) is 0 Å². The van der Waals surface area contributed by atoms with E-state index >= 15 is 0 Å². The third-order valence-corrected chi connectivity index (χ3v) is 3.96. The number of nitro groups is 1. The summed E-state index contributed by atoms with van der Waals surface area (Å²) in [7, 11) is 1.98. The normalized spacial score (nSPS) is 11.3. The summed E-state index contributed by atoms with van der Waals surface area (Å²) in [5, 5.41) is 18.2. The van der Waals surface area contributed by atoms with Crippen LogP contribution in [0.1, 0.15) is 18.1 Å². The molecule has 1 aromatic carbocycles. The molecule has 1 aromatic heterocycles. The Hall–Kier alpha value is -2.41. The summed E-state index contributed by atoms with van der Waals surface area (Å²) in [6.45, 7) is 3.95. The summed E-state index contributed by atoms with van der Waals surface area (Å²) in [4.78, 5) is 17.1. The van der Waals surface area contributed by atoms with Crippen LogP contribution in [-0.4, -0.2) is 29.4 Å². The molecule has 0 saturated heterocycles. The van der Waals surface area contributed by atoms with E-state index in [1.165, 1.54) is 11.6 Å². The lowest BCUT2D eigenvalue weighted by Crippen LogP contribution is -2.38. The molecule has 122 valence electrons. The molecule has 1 heterocycles. The minimum absolute atomic E-state index is 0.0920. The number of nitrogens with one attached hydrogen (secondary N) is 1. The van der Waals surface area contributed by atoms with Gasteiger partial charge < -0.3 is 10.2 Å². The zero-order chi connectivity index (χ0) is 16.7. The third-order valence-electron chi connectivity index (χ3n) is 3.23. The number of nitro benzene ring substituents is 1. The Labute approximate surface area is 139 Å². The largest absolute Gasteiger partial charge is 0.357 e. The van der Waals surface area contributed by atoms with Crippen LogP contribution in [0, 0.1) is 10.1 Å². The van der Waals surface area contributed by atoms with Gasteiger partial charge >= 0.3 is 0 Å². The zero-order valence-corrected chi connectivity index (χ0v) is 14.0. The molecular weight excluding hydrogens is 312 g/mol. The van der Waals surface area contributed by atoms with E-state index < -0.39 is 0 Å². The summed E-state index contributed by atoms with van der Waals surface area (Å²) >= 11 is 1.67. The molecule has 6 nitrogen and oxygen atoms in total. The monoisotopic (exact) mass is 332 g/mol. The van der Waals surface area contributed by atoms with Crippen LogP contribution in [0.15, 0.2) is 46.1 Å². The molecule has 0 aliphatic carbocycles. The molecule has 0 fully saturated rings. The van der Waals surface area contributed by atoms with E-state index in [-0.39, 0.29) is 10.6 Å². The van der Waals surface area contributed by atoms with Crippen molar-refractivity contribution in [2.24, 2.45) is 4.99 Å². The van der Waals surface area contributed by atoms with Crippen LogP contribution in [0.2, 0.25) is 0 Å². The first-order valence-electron chi connectivity index (χ1n) is 7.34. The summed E-state index contributed by atoms with van der Waals surface area (Å²) < 4.78 is 0. The van der Waals surface area contributed by atoms with Gasteiger partial charge in [0.2, 0.25) is 0 Å². The Morgan fingerprint density at radius 1 is 1.39 bits per heavy atom. The van der Waals surface area contributed by atoms with E-state index in [2.05, 4.69) is 27.1 Å². The molecule has 0 unspecified atom stereocenters. The van der Waals surface area contributed by atoms with Crippen LogP contribution in [-0.2, 0) is 13.1 Å². The van der Waals surface area contributed by atoms with Gasteiger partial charge in [-0.25, -0.2) is 4.99 Å². The topological polar surface area (TPSA) is 70.8 Å². The maximum Gasteiger partial charge on any atom is 0.269 e. The standard InChI is InChI=1S/C16H20N4O2S/c1-3-17-16(19(2)11-14-7-8-23-12-14)18-10-13-5-4-6-15(9-13)20(21)22/h4-9,12H,3,10-11H2,1-2H3,(H,17,18). The number of nitrogens with zero attached hydrogens (tertiary/aromatic N) is 3. The summed E-state index contributed by atoms with van der Waals surface area (Å²) in [5.74, 6) is 0.783. The van der Waals surface area contributed by atoms with Crippen molar-refractivity contribution >= 4 is 23.0 Å². The highest BCUT2D eigenvalue weighted by atomic mass is 32.1. The molecule has 1 N–H and O–H groups in total. The van der Waals surface area contributed by atoms with E-state index in [0.29, 0.717) is 6.54 Å². The van der Waals surface area contributed by atoms with Crippen LogP contribution in [0.5, 0.6) is 0 Å². The Kier molecular flexibility index (Phi) is 6.10. The van der Waals surface area contributed by atoms with Crippen molar-refractivity contribution in [2.75, 3.05) is 13.6 Å². The minimum atomic E-state index is -0.388. The van der Waals surface area contributed by atoms with Crippen molar-refractivity contribution in [3.63, 3.8) is 0 Å². The molecule has 23 heavy (non-hydrogen) atoms. The van der Waals surface area contributed by atoms with Crippen molar-refractivity contribution in [3.8, 4) is 0 Å². The number of aliphatic imine (C=N–C) groups is 1. The van der Waals surface area contributed by atoms with Gasteiger partial charge in [0.15, 0.2) is 5.96 Å². The molecule has 0 bridgehead atoms. The van der Waals surface area contributed by atoms with Crippen molar-refractivity contribution < 1.29 is 4.92 Å². The second-order valence-electron chi connectivity index (χ2n) is 5.08. The Balaban J connectivity index is 2.08. The number of non-ortho nitro benzene ring substituents is 1. The Morgan fingerprint density at radius 3 is 2.87 bits per heavy atom. The predicted molar refractivity (Wildman–Crippen MR) is 93.7 cm³/mol. The average molecular weight is 332 g/mol. The van der Waals surface area contributed by atoms with E-state index in [1.54, 1.807) is 23.5 Å². The van der Waals surface area contributed by atoms with Crippen LogP contribution >= 0.6 is 11.3 Å². The number of hydrogen-bond donors (Lipinski definition) is 1. The van der Waals surface area contributed by atoms with Crippen LogP contribution in [0.3, 0.4) is 0 Å². The fraction of sp³-hybridized carbons (Fsp3) is 0.312. The van der Waals surface area contributed by atoms with Gasteiger partial charge in [0, 0.05) is 32.3 Å². The van der Waals surface area contributed by atoms with Gasteiger partial charge in [0.05, 0.1) is 11.5 Å². The number of hydrogen-bond acceptors (Lipinski definition) is 4. The quantitative estimate of drug-likeness (QED) is 0.381. The zero-order valence-electron chi connectivity index (χ0n) is 13.2. The predicted octanol–water partition coefficient (Wildman–Crippen LogP) is 3.25. The van der Waals surface area contributed by atoms with Gasteiger partial charge in [-0.3, -0.25) is 10.1 Å². The summed E-state index contributed by atoms with van der Waals surface area (Å²) in [6, 6.07) is 8.67. The maximum absolute atomic E-state index is 10.8. The van der Waals surface area contributed by atoms with E-state index in [9.17, 15) is 10.1 Å². The van der Waals surface area contributed by atoms with Gasteiger partial charge in [0.25, 0.3) is 5.69 Å². The van der Waals surface area contributed by atoms with Crippen LogP contribution < -0.4 is 5.32 Å². The number of rotatable bonds is 6. The molecule has 0 radical (unpaired) electrons. The first-order valence-corrected chi connectivity index (χ1v) is 8.28. The molecule has 0 saturated carbocycles. The van der Waals surface area contributed by atoms with Crippen molar-refractivity contribution in [2.45, 2.75) is 20.0 Å². The summed E-state index contributed by atoms with van der Waals surface area (Å²) in [5.41, 5.74) is 2.14. The van der Waals surface area contributed by atoms with Crippen LogP contribution in [0.25, 0.3) is 0 Å². The van der Waals surface area contributed by atoms with Crippen molar-refractivity contribution in [3.05, 3.63) is 62.3 Å². The average Bonchev–Trinajstić information content (AvgIpc) is 3.04. The highest BCUT2D eigenvalue weighted by Crippen LogP contribution is 2.14. The van der Waals surface area contributed by atoms with Gasteiger partial charge in [-0.1, -0.05) is 12.1 Å². The number of guanidine groups is 1. The molecule has 2 rings (SSSR count). The second-order valence-corrected chi connectivity index (χ2v) is 5.86. The smallest absolute Gasteiger partial charge is 0.269 e. The highest BCUT2D eigenvalue weighted by Gasteiger charge is 2.08. The fourth-order valence-electron chi connectivity index (χ4n) is 2.14. The van der Waals surface area contributed by atoms with Crippen LogP contribution in [0.4, 0.5) is 5.69 Å². The summed E-state index contributed by atoms with van der Waals surface area (Å²) in [6.07, 6.45) is 0. The molecule has 0 aliphatic rings. The Bertz CT molecular complexity index is 670. The van der Waals surface area contributed by atoms with E-state index in [4.69, 9.17) is 0 Å². The molecular formula is C16H20N4O2S. The lowest BCUT2D eigenvalue weighted by Gasteiger charge is -2.21. The van der Waals surface area contributed by atoms with E-state index in [1.807, 2.05) is 24.9 Å². The van der Waals surface area contributed by atoms with Crippen molar-refractivity contribution in [1.82, 2.24) is 10.2 Å². The second kappa shape index (κ2) is 8.28. The lowest BCUT2D eigenvalue weighted by atomic mass is 10.2. The Morgan fingerprint density at radius 2 is 2.22 bits per heavy atom. The molecule has 0 atom stereocenters. The van der Waals surface area contributed by atoms with E-state index in [0.717, 1.165) is 24.6 Å². The van der Waals surface area contributed by atoms with Crippen molar-refractivity contribution in [1.29, 1.82) is 0 Å². The molecule has 7 heteroatoms. The molecule has 0 spiro atoms. The molecule has 0 aliphatic heterocycles. The first-order chi connectivity index (χ1) is 11.1. The first kappa shape index (κ1) is 17.0. The number of benzene rings is 1. The lowest BCUT2D eigenvalue weighted by molar-refractivity contribution is -0.384.